The number of carboxylic acids is 1. The topological polar surface area (TPSA) is 127 Å². The molecule has 1 fully saturated rings. The molecule has 0 aliphatic heterocycles. The normalized spacial score (nSPS) is 19.7. The van der Waals surface area contributed by atoms with Crippen LogP contribution < -0.4 is 14.8 Å². The number of aliphatic hydroxyl groups is 1. The number of rotatable bonds is 15. The monoisotopic (exact) mass is 558 g/mol. The summed E-state index contributed by atoms with van der Waals surface area (Å²) in [5, 5.41) is 23.1. The molecule has 0 heterocycles. The van der Waals surface area contributed by atoms with E-state index in [1.54, 1.807) is 24.0 Å². The molecule has 10 heteroatoms. The predicted octanol–water partition coefficient (Wildman–Crippen LogP) is 4.46. The Morgan fingerprint density at radius 2 is 1.68 bits per heavy atom. The lowest BCUT2D eigenvalue weighted by Crippen LogP contribution is -2.66. The number of carboxylic acid groups (broad SMARTS) is 1. The zero-order chi connectivity index (χ0) is 29.3. The minimum absolute atomic E-state index is 0.184. The quantitative estimate of drug-likeness (QED) is 0.274. The smallest absolute Gasteiger partial charge is 0.329 e. The van der Waals surface area contributed by atoms with E-state index in [0.717, 1.165) is 5.56 Å². The molecule has 2 atom stereocenters. The summed E-state index contributed by atoms with van der Waals surface area (Å²) in [7, 11) is 1.53. The fourth-order valence-corrected chi connectivity index (χ4v) is 4.89. The molecule has 220 valence electrons. The van der Waals surface area contributed by atoms with Gasteiger partial charge in [-0.05, 0) is 51.0 Å². The molecular weight excluding hydrogens is 516 g/mol. The Balaban J connectivity index is 1.89. The molecule has 1 unspecified atom stereocenters. The van der Waals surface area contributed by atoms with Gasteiger partial charge in [-0.3, -0.25) is 0 Å². The van der Waals surface area contributed by atoms with E-state index in [0.29, 0.717) is 42.4 Å². The minimum Gasteiger partial charge on any atom is -0.493 e. The van der Waals surface area contributed by atoms with Gasteiger partial charge in [0.25, 0.3) is 0 Å². The number of hydrogen-bond donors (Lipinski definition) is 3. The van der Waals surface area contributed by atoms with Crippen molar-refractivity contribution in [1.82, 2.24) is 10.2 Å². The number of urea groups is 1. The van der Waals surface area contributed by atoms with Crippen molar-refractivity contribution in [2.45, 2.75) is 70.9 Å². The molecule has 3 N–H and O–H groups in total. The van der Waals surface area contributed by atoms with Gasteiger partial charge in [0.1, 0.15) is 17.0 Å². The molecule has 1 aliphatic rings. The molecule has 0 radical (unpaired) electrons. The fourth-order valence-electron chi connectivity index (χ4n) is 4.89. The van der Waals surface area contributed by atoms with Crippen LogP contribution >= 0.6 is 0 Å². The van der Waals surface area contributed by atoms with E-state index in [9.17, 15) is 19.8 Å². The first kappa shape index (κ1) is 31.2. The molecule has 10 nitrogen and oxygen atoms in total. The molecular formula is C30H42N2O8. The predicted molar refractivity (Wildman–Crippen MR) is 150 cm³/mol. The zero-order valence-electron chi connectivity index (χ0n) is 24.0. The van der Waals surface area contributed by atoms with Crippen LogP contribution in [0.2, 0.25) is 0 Å². The van der Waals surface area contributed by atoms with Gasteiger partial charge >= 0.3 is 12.0 Å². The maximum atomic E-state index is 13.7. The highest BCUT2D eigenvalue weighted by Crippen LogP contribution is 2.39. The van der Waals surface area contributed by atoms with Crippen LogP contribution in [-0.4, -0.2) is 72.2 Å². The van der Waals surface area contributed by atoms with Crippen molar-refractivity contribution >= 4 is 12.0 Å². The molecule has 40 heavy (non-hydrogen) atoms. The number of benzene rings is 2. The Morgan fingerprint density at radius 3 is 2.17 bits per heavy atom. The lowest BCUT2D eigenvalue weighted by molar-refractivity contribution is -0.155. The minimum atomic E-state index is -1.40. The summed E-state index contributed by atoms with van der Waals surface area (Å²) in [6, 6.07) is 12.3. The third-order valence-corrected chi connectivity index (χ3v) is 7.18. The summed E-state index contributed by atoms with van der Waals surface area (Å²) in [4.78, 5) is 27.4. The number of amides is 2. The molecule has 1 aliphatic carbocycles. The Morgan fingerprint density at radius 1 is 1.07 bits per heavy atom. The van der Waals surface area contributed by atoms with Gasteiger partial charge in [0, 0.05) is 26.5 Å². The summed E-state index contributed by atoms with van der Waals surface area (Å²) in [5.41, 5.74) is 0.853. The lowest BCUT2D eigenvalue weighted by Gasteiger charge is -2.45. The number of methoxy groups -OCH3 is 1. The Labute approximate surface area is 236 Å². The second kappa shape index (κ2) is 14.3. The standard InChI is InChI=1S/C30H42N2O8/c1-6-39-25-15-23(16-26(40-7-2)27(25)21(4)33)20(3)32(13-14-38-19-22-11-9-8-10-12-22)29(36)31-30(28(34)35)17-24(18-30)37-5/h8-12,15-16,20-21,24,33H,6-7,13-14,17-19H2,1-5H3,(H,31,36)(H,34,35)/t20-,21?,24?,30?/m1/s1. The second-order valence-corrected chi connectivity index (χ2v) is 9.96. The van der Waals surface area contributed by atoms with Gasteiger partial charge in [0.15, 0.2) is 0 Å². The molecule has 2 aromatic rings. The molecule has 3 rings (SSSR count). The Hall–Kier alpha value is -3.34. The number of aliphatic hydroxyl groups excluding tert-OH is 1. The van der Waals surface area contributed by atoms with Crippen LogP contribution in [0.15, 0.2) is 42.5 Å². The highest BCUT2D eigenvalue weighted by molar-refractivity contribution is 5.87. The van der Waals surface area contributed by atoms with Gasteiger partial charge < -0.3 is 39.4 Å². The average Bonchev–Trinajstić information content (AvgIpc) is 2.90. The molecule has 2 aromatic carbocycles. The summed E-state index contributed by atoms with van der Waals surface area (Å²) >= 11 is 0. The molecule has 0 aromatic heterocycles. The first-order valence-electron chi connectivity index (χ1n) is 13.7. The number of carbonyl (C=O) groups is 2. The van der Waals surface area contributed by atoms with Gasteiger partial charge in [0.2, 0.25) is 0 Å². The van der Waals surface area contributed by atoms with Crippen LogP contribution in [0.3, 0.4) is 0 Å². The maximum Gasteiger partial charge on any atom is 0.329 e. The Bertz CT molecular complexity index is 1090. The van der Waals surface area contributed by atoms with Crippen LogP contribution in [0.25, 0.3) is 0 Å². The number of carbonyl (C=O) groups excluding carboxylic acids is 1. The van der Waals surface area contributed by atoms with Gasteiger partial charge in [-0.1, -0.05) is 30.3 Å². The van der Waals surface area contributed by atoms with Gasteiger partial charge in [0.05, 0.1) is 50.2 Å². The van der Waals surface area contributed by atoms with Gasteiger partial charge in [-0.25, -0.2) is 9.59 Å². The van der Waals surface area contributed by atoms with E-state index < -0.39 is 29.7 Å². The summed E-state index contributed by atoms with van der Waals surface area (Å²) in [6.45, 7) is 8.77. The van der Waals surface area contributed by atoms with Crippen LogP contribution in [0.4, 0.5) is 4.79 Å². The molecule has 0 saturated heterocycles. The molecule has 0 bridgehead atoms. The third kappa shape index (κ3) is 7.44. The first-order valence-corrected chi connectivity index (χ1v) is 13.7. The van der Waals surface area contributed by atoms with Crippen molar-refractivity contribution < 1.29 is 38.7 Å². The zero-order valence-corrected chi connectivity index (χ0v) is 24.0. The van der Waals surface area contributed by atoms with E-state index in [2.05, 4.69) is 5.32 Å². The van der Waals surface area contributed by atoms with Crippen LogP contribution in [0.1, 0.15) is 69.4 Å². The SMILES string of the molecule is CCOc1cc([C@@H](C)N(CCOCc2ccccc2)C(=O)NC2(C(=O)O)CC(OC)C2)cc(OCC)c1C(C)O. The van der Waals surface area contributed by atoms with Gasteiger partial charge in [-0.2, -0.15) is 0 Å². The highest BCUT2D eigenvalue weighted by Gasteiger charge is 2.52. The van der Waals surface area contributed by atoms with Crippen molar-refractivity contribution in [3.8, 4) is 11.5 Å². The van der Waals surface area contributed by atoms with E-state index >= 15 is 0 Å². The number of ether oxygens (including phenoxy) is 4. The van der Waals surface area contributed by atoms with E-state index in [4.69, 9.17) is 18.9 Å². The van der Waals surface area contributed by atoms with Crippen LogP contribution in [0, 0.1) is 0 Å². The number of nitrogens with one attached hydrogen (secondary N) is 1. The van der Waals surface area contributed by atoms with E-state index in [1.165, 1.54) is 7.11 Å². The highest BCUT2D eigenvalue weighted by atomic mass is 16.5. The van der Waals surface area contributed by atoms with Crippen LogP contribution in [-0.2, 0) is 20.9 Å². The largest absolute Gasteiger partial charge is 0.493 e. The van der Waals surface area contributed by atoms with Gasteiger partial charge in [-0.15, -0.1) is 0 Å². The van der Waals surface area contributed by atoms with Crippen molar-refractivity contribution in [1.29, 1.82) is 0 Å². The van der Waals surface area contributed by atoms with Crippen molar-refractivity contribution in [2.75, 3.05) is 33.5 Å². The van der Waals surface area contributed by atoms with Crippen molar-refractivity contribution in [2.24, 2.45) is 0 Å². The van der Waals surface area contributed by atoms with Crippen molar-refractivity contribution in [3.63, 3.8) is 0 Å². The van der Waals surface area contributed by atoms with E-state index in [-0.39, 0.29) is 32.1 Å². The average molecular weight is 559 g/mol. The van der Waals surface area contributed by atoms with Crippen LogP contribution in [0.5, 0.6) is 11.5 Å². The molecule has 0 spiro atoms. The lowest BCUT2D eigenvalue weighted by atomic mass is 9.74. The Kier molecular flexibility index (Phi) is 11.2. The van der Waals surface area contributed by atoms with Crippen molar-refractivity contribution in [3.05, 3.63) is 59.2 Å². The summed E-state index contributed by atoms with van der Waals surface area (Å²) in [5.74, 6) is -0.162. The first-order chi connectivity index (χ1) is 19.2. The summed E-state index contributed by atoms with van der Waals surface area (Å²) < 4.78 is 22.9. The number of nitrogens with zero attached hydrogens (tertiary/aromatic N) is 1. The summed E-state index contributed by atoms with van der Waals surface area (Å²) in [6.07, 6.45) is -0.694. The number of hydrogen-bond acceptors (Lipinski definition) is 7. The second-order valence-electron chi connectivity index (χ2n) is 9.96. The number of aliphatic carboxylic acids is 1. The maximum absolute atomic E-state index is 13.7. The fraction of sp³-hybridized carbons (Fsp3) is 0.533. The molecule has 2 amide bonds. The molecule has 1 saturated carbocycles. The van der Waals surface area contributed by atoms with E-state index in [1.807, 2.05) is 51.1 Å². The third-order valence-electron chi connectivity index (χ3n) is 7.18.